The molecule has 2 unspecified atom stereocenters. The van der Waals surface area contributed by atoms with Gasteiger partial charge in [0.25, 0.3) is 0 Å². The largest absolute Gasteiger partial charge is 0.348 e. The van der Waals surface area contributed by atoms with Crippen molar-refractivity contribution in [1.29, 1.82) is 0 Å². The Balaban J connectivity index is 2.08. The van der Waals surface area contributed by atoms with Crippen LogP contribution in [0.3, 0.4) is 0 Å². The van der Waals surface area contributed by atoms with Gasteiger partial charge in [-0.15, -0.1) is 0 Å². The number of carbonyl (C=O) groups is 1. The second kappa shape index (κ2) is 4.35. The number of benzene rings is 1. The minimum atomic E-state index is -0.389. The first-order valence-corrected chi connectivity index (χ1v) is 4.67. The maximum absolute atomic E-state index is 10.6. The molecule has 2 atom stereocenters. The molecule has 1 aromatic rings. The van der Waals surface area contributed by atoms with Crippen molar-refractivity contribution >= 4 is 6.29 Å². The zero-order valence-corrected chi connectivity index (χ0v) is 7.76. The average molecular weight is 192 g/mol. The third-order valence-electron chi connectivity index (χ3n) is 2.19. The summed E-state index contributed by atoms with van der Waals surface area (Å²) in [5.74, 6) is 0. The fourth-order valence-electron chi connectivity index (χ4n) is 1.44. The van der Waals surface area contributed by atoms with E-state index in [0.29, 0.717) is 13.0 Å². The highest BCUT2D eigenvalue weighted by molar-refractivity contribution is 5.56. The lowest BCUT2D eigenvalue weighted by atomic mass is 10.2. The van der Waals surface area contributed by atoms with Crippen molar-refractivity contribution < 1.29 is 14.3 Å². The second-order valence-electron chi connectivity index (χ2n) is 3.21. The van der Waals surface area contributed by atoms with Crippen LogP contribution in [0.25, 0.3) is 0 Å². The zero-order chi connectivity index (χ0) is 9.80. The van der Waals surface area contributed by atoms with Crippen molar-refractivity contribution in [2.24, 2.45) is 0 Å². The molecule has 14 heavy (non-hydrogen) atoms. The Bertz CT molecular complexity index is 297. The molecule has 1 saturated heterocycles. The molecule has 0 N–H and O–H groups in total. The van der Waals surface area contributed by atoms with Gasteiger partial charge in [-0.2, -0.15) is 0 Å². The Labute approximate surface area is 82.6 Å². The van der Waals surface area contributed by atoms with Gasteiger partial charge in [-0.25, -0.2) is 0 Å². The van der Waals surface area contributed by atoms with Gasteiger partial charge in [-0.05, 0) is 0 Å². The molecular formula is C11H12O3. The fraction of sp³-hybridized carbons (Fsp3) is 0.364. The lowest BCUT2D eigenvalue weighted by Gasteiger charge is -2.27. The van der Waals surface area contributed by atoms with Gasteiger partial charge < -0.3 is 14.3 Å². The highest BCUT2D eigenvalue weighted by Gasteiger charge is 2.23. The van der Waals surface area contributed by atoms with Gasteiger partial charge in [0.15, 0.2) is 6.29 Å². The van der Waals surface area contributed by atoms with Crippen LogP contribution in [0.4, 0.5) is 0 Å². The molecule has 0 radical (unpaired) electrons. The van der Waals surface area contributed by atoms with Crippen molar-refractivity contribution in [2.75, 3.05) is 6.61 Å². The molecule has 0 saturated carbocycles. The molecule has 0 aromatic heterocycles. The molecule has 1 fully saturated rings. The van der Waals surface area contributed by atoms with Gasteiger partial charge in [-0.3, -0.25) is 0 Å². The third-order valence-corrected chi connectivity index (χ3v) is 2.19. The van der Waals surface area contributed by atoms with Gasteiger partial charge >= 0.3 is 0 Å². The molecule has 1 aliphatic heterocycles. The SMILES string of the molecule is O=CC1CCOC(c2ccccc2)O1. The molecule has 1 aliphatic rings. The molecule has 3 nitrogen and oxygen atoms in total. The summed E-state index contributed by atoms with van der Waals surface area (Å²) >= 11 is 0. The summed E-state index contributed by atoms with van der Waals surface area (Å²) in [4.78, 5) is 10.6. The molecule has 0 amide bonds. The van der Waals surface area contributed by atoms with Crippen LogP contribution in [0.2, 0.25) is 0 Å². The smallest absolute Gasteiger partial charge is 0.184 e. The standard InChI is InChI=1S/C11H12O3/c12-8-10-6-7-13-11(14-10)9-4-2-1-3-5-9/h1-5,8,10-11H,6-7H2. The monoisotopic (exact) mass is 192 g/mol. The molecule has 1 heterocycles. The average Bonchev–Trinajstić information content (AvgIpc) is 2.30. The maximum Gasteiger partial charge on any atom is 0.184 e. The summed E-state index contributed by atoms with van der Waals surface area (Å²) in [6.07, 6.45) is 0.764. The molecule has 0 spiro atoms. The first-order chi connectivity index (χ1) is 6.90. The summed E-state index contributed by atoms with van der Waals surface area (Å²) in [5.41, 5.74) is 0.957. The van der Waals surface area contributed by atoms with Crippen LogP contribution < -0.4 is 0 Å². The first-order valence-electron chi connectivity index (χ1n) is 4.67. The van der Waals surface area contributed by atoms with E-state index in [9.17, 15) is 4.79 Å². The Morgan fingerprint density at radius 2 is 2.07 bits per heavy atom. The normalized spacial score (nSPS) is 27.1. The number of carbonyl (C=O) groups excluding carboxylic acids is 1. The molecule has 2 rings (SSSR count). The van der Waals surface area contributed by atoms with Crippen LogP contribution in [0.5, 0.6) is 0 Å². The van der Waals surface area contributed by atoms with Crippen LogP contribution in [0, 0.1) is 0 Å². The lowest BCUT2D eigenvalue weighted by molar-refractivity contribution is -0.211. The summed E-state index contributed by atoms with van der Waals surface area (Å²) in [7, 11) is 0. The van der Waals surface area contributed by atoms with E-state index in [-0.39, 0.29) is 12.4 Å². The van der Waals surface area contributed by atoms with Gasteiger partial charge in [-0.1, -0.05) is 30.3 Å². The Kier molecular flexibility index (Phi) is 2.91. The van der Waals surface area contributed by atoms with Crippen LogP contribution in [-0.2, 0) is 14.3 Å². The van der Waals surface area contributed by atoms with E-state index in [0.717, 1.165) is 11.8 Å². The Morgan fingerprint density at radius 1 is 1.29 bits per heavy atom. The van der Waals surface area contributed by atoms with Gasteiger partial charge in [0.1, 0.15) is 12.4 Å². The van der Waals surface area contributed by atoms with E-state index in [1.165, 1.54) is 0 Å². The highest BCUT2D eigenvalue weighted by Crippen LogP contribution is 2.24. The van der Waals surface area contributed by atoms with E-state index in [2.05, 4.69) is 0 Å². The van der Waals surface area contributed by atoms with Gasteiger partial charge in [0.05, 0.1) is 6.61 Å². The van der Waals surface area contributed by atoms with E-state index < -0.39 is 0 Å². The summed E-state index contributed by atoms with van der Waals surface area (Å²) in [5, 5.41) is 0. The number of hydrogen-bond donors (Lipinski definition) is 0. The third kappa shape index (κ3) is 2.00. The minimum absolute atomic E-state index is 0.325. The number of rotatable bonds is 2. The summed E-state index contributed by atoms with van der Waals surface area (Å²) in [6.45, 7) is 0.572. The zero-order valence-electron chi connectivity index (χ0n) is 7.76. The van der Waals surface area contributed by atoms with E-state index >= 15 is 0 Å². The van der Waals surface area contributed by atoms with Crippen molar-refractivity contribution in [3.8, 4) is 0 Å². The minimum Gasteiger partial charge on any atom is -0.348 e. The lowest BCUT2D eigenvalue weighted by Crippen LogP contribution is -2.27. The summed E-state index contributed by atoms with van der Waals surface area (Å²) in [6, 6.07) is 9.64. The van der Waals surface area contributed by atoms with E-state index in [4.69, 9.17) is 9.47 Å². The van der Waals surface area contributed by atoms with Crippen LogP contribution in [0.15, 0.2) is 30.3 Å². The number of hydrogen-bond acceptors (Lipinski definition) is 3. The van der Waals surface area contributed by atoms with Gasteiger partial charge in [0, 0.05) is 12.0 Å². The second-order valence-corrected chi connectivity index (χ2v) is 3.21. The van der Waals surface area contributed by atoms with E-state index in [1.807, 2.05) is 30.3 Å². The predicted octanol–water partition coefficient (Wildman–Crippen LogP) is 1.69. The Hall–Kier alpha value is -1.19. The van der Waals surface area contributed by atoms with Crippen molar-refractivity contribution in [2.45, 2.75) is 18.8 Å². The molecule has 74 valence electrons. The number of aldehydes is 1. The Morgan fingerprint density at radius 3 is 2.79 bits per heavy atom. The molecule has 0 aliphatic carbocycles. The first kappa shape index (κ1) is 9.37. The molecule has 0 bridgehead atoms. The van der Waals surface area contributed by atoms with Crippen molar-refractivity contribution in [3.05, 3.63) is 35.9 Å². The van der Waals surface area contributed by atoms with Crippen LogP contribution in [-0.4, -0.2) is 19.0 Å². The van der Waals surface area contributed by atoms with E-state index in [1.54, 1.807) is 0 Å². The van der Waals surface area contributed by atoms with Crippen molar-refractivity contribution in [1.82, 2.24) is 0 Å². The van der Waals surface area contributed by atoms with Crippen molar-refractivity contribution in [3.63, 3.8) is 0 Å². The number of ether oxygens (including phenoxy) is 2. The van der Waals surface area contributed by atoms with Gasteiger partial charge in [0.2, 0.25) is 0 Å². The topological polar surface area (TPSA) is 35.5 Å². The molecular weight excluding hydrogens is 180 g/mol. The molecule has 1 aromatic carbocycles. The quantitative estimate of drug-likeness (QED) is 0.669. The highest BCUT2D eigenvalue weighted by atomic mass is 16.7. The molecule has 3 heteroatoms. The van der Waals surface area contributed by atoms with Crippen LogP contribution >= 0.6 is 0 Å². The maximum atomic E-state index is 10.6. The van der Waals surface area contributed by atoms with Crippen LogP contribution in [0.1, 0.15) is 18.3 Å². The fourth-order valence-corrected chi connectivity index (χ4v) is 1.44. The predicted molar refractivity (Wildman–Crippen MR) is 50.7 cm³/mol. The summed E-state index contributed by atoms with van der Waals surface area (Å²) < 4.78 is 10.8.